The van der Waals surface area contributed by atoms with Gasteiger partial charge in [-0.3, -0.25) is 9.59 Å². The Hall–Kier alpha value is -2.92. The topological polar surface area (TPSA) is 79.5 Å². The molecular formula is C23H25NO4. The molecule has 2 aromatic carbocycles. The lowest BCUT2D eigenvalue weighted by atomic mass is 10.1. The molecule has 1 heterocycles. The zero-order chi connectivity index (χ0) is 20.1. The van der Waals surface area contributed by atoms with Crippen molar-refractivity contribution in [3.05, 3.63) is 69.4 Å². The van der Waals surface area contributed by atoms with Gasteiger partial charge in [0.2, 0.25) is 0 Å². The third-order valence-electron chi connectivity index (χ3n) is 4.71. The monoisotopic (exact) mass is 379 g/mol. The third-order valence-corrected chi connectivity index (χ3v) is 4.71. The highest BCUT2D eigenvalue weighted by Gasteiger charge is 2.11. The van der Waals surface area contributed by atoms with Crippen LogP contribution in [0.3, 0.4) is 0 Å². The highest BCUT2D eigenvalue weighted by Crippen LogP contribution is 2.25. The fourth-order valence-electron chi connectivity index (χ4n) is 3.25. The maximum absolute atomic E-state index is 12.5. The van der Waals surface area contributed by atoms with Crippen LogP contribution in [0.5, 0.6) is 0 Å². The number of hydrogen-bond donors (Lipinski definition) is 2. The molecule has 0 bridgehead atoms. The summed E-state index contributed by atoms with van der Waals surface area (Å²) in [6, 6.07) is 12.4. The molecule has 0 aliphatic carbocycles. The van der Waals surface area contributed by atoms with Gasteiger partial charge in [0.1, 0.15) is 11.3 Å². The smallest absolute Gasteiger partial charge is 0.251 e. The predicted octanol–water partition coefficient (Wildman–Crippen LogP) is 3.97. The number of carbonyl (C=O) groups is 1. The van der Waals surface area contributed by atoms with Crippen molar-refractivity contribution in [2.45, 2.75) is 33.1 Å². The molecule has 5 heteroatoms. The molecular weight excluding hydrogens is 354 g/mol. The van der Waals surface area contributed by atoms with E-state index in [-0.39, 0.29) is 17.9 Å². The van der Waals surface area contributed by atoms with E-state index < -0.39 is 0 Å². The summed E-state index contributed by atoms with van der Waals surface area (Å²) in [6.45, 7) is 4.64. The van der Waals surface area contributed by atoms with Gasteiger partial charge in [0, 0.05) is 30.3 Å². The van der Waals surface area contributed by atoms with E-state index in [4.69, 9.17) is 9.52 Å². The molecule has 0 spiro atoms. The van der Waals surface area contributed by atoms with E-state index in [1.54, 1.807) is 24.3 Å². The number of carbonyl (C=O) groups excluding carboxylic acids is 1. The summed E-state index contributed by atoms with van der Waals surface area (Å²) in [6.07, 6.45) is 2.47. The molecule has 3 rings (SSSR count). The van der Waals surface area contributed by atoms with Crippen molar-refractivity contribution in [3.8, 4) is 11.3 Å². The van der Waals surface area contributed by atoms with E-state index in [0.29, 0.717) is 28.8 Å². The standard InChI is InChI=1S/C23H25NO4/c1-15-12-16(2)22-19(13-15)20(26)14-21(28-22)17-6-8-18(9-7-17)23(27)24-10-4-3-5-11-25/h6-9,12-14,25H,3-5,10-11H2,1-2H3,(H,24,27). The molecule has 0 atom stereocenters. The average molecular weight is 379 g/mol. The average Bonchev–Trinajstić information content (AvgIpc) is 2.68. The van der Waals surface area contributed by atoms with Crippen LogP contribution < -0.4 is 10.7 Å². The Bertz CT molecular complexity index is 1030. The molecule has 1 aromatic heterocycles. The zero-order valence-electron chi connectivity index (χ0n) is 16.2. The van der Waals surface area contributed by atoms with Gasteiger partial charge in [-0.2, -0.15) is 0 Å². The molecule has 5 nitrogen and oxygen atoms in total. The summed E-state index contributed by atoms with van der Waals surface area (Å²) in [5.41, 5.74) is 3.77. The number of aliphatic hydroxyl groups is 1. The van der Waals surface area contributed by atoms with Crippen molar-refractivity contribution in [2.24, 2.45) is 0 Å². The minimum atomic E-state index is -0.137. The second-order valence-corrected chi connectivity index (χ2v) is 7.05. The molecule has 0 fully saturated rings. The van der Waals surface area contributed by atoms with Gasteiger partial charge < -0.3 is 14.8 Å². The van der Waals surface area contributed by atoms with Crippen LogP contribution in [0.1, 0.15) is 40.7 Å². The molecule has 0 saturated heterocycles. The number of fused-ring (bicyclic) bond motifs is 1. The van der Waals surface area contributed by atoms with Gasteiger partial charge in [-0.1, -0.05) is 18.2 Å². The van der Waals surface area contributed by atoms with Crippen LogP contribution in [-0.2, 0) is 0 Å². The maximum Gasteiger partial charge on any atom is 0.251 e. The minimum absolute atomic E-state index is 0.0762. The van der Waals surface area contributed by atoms with Crippen molar-refractivity contribution in [1.82, 2.24) is 5.32 Å². The number of rotatable bonds is 7. The van der Waals surface area contributed by atoms with E-state index in [1.165, 1.54) is 6.07 Å². The summed E-state index contributed by atoms with van der Waals surface area (Å²) in [5, 5.41) is 12.2. The number of aryl methyl sites for hydroxylation is 2. The lowest BCUT2D eigenvalue weighted by molar-refractivity contribution is 0.0953. The van der Waals surface area contributed by atoms with Gasteiger partial charge in [-0.25, -0.2) is 0 Å². The summed E-state index contributed by atoms with van der Waals surface area (Å²) >= 11 is 0. The van der Waals surface area contributed by atoms with E-state index in [2.05, 4.69) is 5.32 Å². The van der Waals surface area contributed by atoms with Crippen LogP contribution in [0.15, 0.2) is 51.7 Å². The predicted molar refractivity (Wildman–Crippen MR) is 111 cm³/mol. The number of nitrogens with one attached hydrogen (secondary N) is 1. The van der Waals surface area contributed by atoms with Gasteiger partial charge in [0.05, 0.1) is 5.39 Å². The molecule has 3 aromatic rings. The Morgan fingerprint density at radius 2 is 1.79 bits per heavy atom. The lowest BCUT2D eigenvalue weighted by Gasteiger charge is -2.08. The van der Waals surface area contributed by atoms with E-state index in [0.717, 1.165) is 36.0 Å². The van der Waals surface area contributed by atoms with Gasteiger partial charge >= 0.3 is 0 Å². The highest BCUT2D eigenvalue weighted by molar-refractivity contribution is 5.94. The van der Waals surface area contributed by atoms with E-state index in [1.807, 2.05) is 26.0 Å². The quantitative estimate of drug-likeness (QED) is 0.609. The molecule has 0 aliphatic heterocycles. The largest absolute Gasteiger partial charge is 0.456 e. The number of aliphatic hydroxyl groups excluding tert-OH is 1. The Morgan fingerprint density at radius 1 is 1.04 bits per heavy atom. The Morgan fingerprint density at radius 3 is 2.50 bits per heavy atom. The second-order valence-electron chi connectivity index (χ2n) is 7.05. The Kier molecular flexibility index (Phi) is 6.26. The van der Waals surface area contributed by atoms with Gasteiger partial charge in [0.15, 0.2) is 5.43 Å². The normalized spacial score (nSPS) is 11.0. The molecule has 0 saturated carbocycles. The van der Waals surface area contributed by atoms with Gasteiger partial charge in [-0.05, 0) is 62.4 Å². The summed E-state index contributed by atoms with van der Waals surface area (Å²) in [4.78, 5) is 24.7. The molecule has 28 heavy (non-hydrogen) atoms. The van der Waals surface area contributed by atoms with Crippen LogP contribution in [0, 0.1) is 13.8 Å². The van der Waals surface area contributed by atoms with Crippen molar-refractivity contribution in [2.75, 3.05) is 13.2 Å². The first-order valence-corrected chi connectivity index (χ1v) is 9.54. The van der Waals surface area contributed by atoms with Crippen LogP contribution in [0.2, 0.25) is 0 Å². The highest BCUT2D eigenvalue weighted by atomic mass is 16.3. The summed E-state index contributed by atoms with van der Waals surface area (Å²) < 4.78 is 6.00. The molecule has 146 valence electrons. The fraction of sp³-hybridized carbons (Fsp3) is 0.304. The molecule has 0 aliphatic rings. The van der Waals surface area contributed by atoms with E-state index in [9.17, 15) is 9.59 Å². The molecule has 1 amide bonds. The molecule has 0 radical (unpaired) electrons. The number of hydrogen-bond acceptors (Lipinski definition) is 4. The van der Waals surface area contributed by atoms with Crippen LogP contribution in [-0.4, -0.2) is 24.2 Å². The maximum atomic E-state index is 12.5. The number of benzene rings is 2. The van der Waals surface area contributed by atoms with Crippen molar-refractivity contribution < 1.29 is 14.3 Å². The SMILES string of the molecule is Cc1cc(C)c2oc(-c3ccc(C(=O)NCCCCCO)cc3)cc(=O)c2c1. The first-order valence-electron chi connectivity index (χ1n) is 9.54. The first-order chi connectivity index (χ1) is 13.5. The van der Waals surface area contributed by atoms with Crippen LogP contribution >= 0.6 is 0 Å². The minimum Gasteiger partial charge on any atom is -0.456 e. The Balaban J connectivity index is 1.78. The molecule has 0 unspecified atom stereocenters. The van der Waals surface area contributed by atoms with E-state index >= 15 is 0 Å². The van der Waals surface area contributed by atoms with Gasteiger partial charge in [0.25, 0.3) is 5.91 Å². The second kappa shape index (κ2) is 8.85. The van der Waals surface area contributed by atoms with Crippen molar-refractivity contribution >= 4 is 16.9 Å². The van der Waals surface area contributed by atoms with Crippen molar-refractivity contribution in [3.63, 3.8) is 0 Å². The number of unbranched alkanes of at least 4 members (excludes halogenated alkanes) is 2. The van der Waals surface area contributed by atoms with Crippen LogP contribution in [0.25, 0.3) is 22.3 Å². The molecule has 2 N–H and O–H groups in total. The zero-order valence-corrected chi connectivity index (χ0v) is 16.2. The van der Waals surface area contributed by atoms with Crippen molar-refractivity contribution in [1.29, 1.82) is 0 Å². The summed E-state index contributed by atoms with van der Waals surface area (Å²) in [5.74, 6) is 0.349. The number of amides is 1. The van der Waals surface area contributed by atoms with Crippen LogP contribution in [0.4, 0.5) is 0 Å². The van der Waals surface area contributed by atoms with Gasteiger partial charge in [-0.15, -0.1) is 0 Å². The third kappa shape index (κ3) is 4.49. The lowest BCUT2D eigenvalue weighted by Crippen LogP contribution is -2.24. The Labute approximate surface area is 164 Å². The first kappa shape index (κ1) is 19.8. The fourth-order valence-corrected chi connectivity index (χ4v) is 3.25. The summed E-state index contributed by atoms with van der Waals surface area (Å²) in [7, 11) is 0.